The molecule has 124 valence electrons. The van der Waals surface area contributed by atoms with E-state index in [0.717, 1.165) is 39.1 Å². The summed E-state index contributed by atoms with van der Waals surface area (Å²) in [6.07, 6.45) is 5.30. The SMILES string of the molecule is COc1cc(/C(C)=C/C=C\N)c2c(c1)C(C)(C)c1cc(F)ccc1-2. The predicted molar refractivity (Wildman–Crippen MR) is 97.5 cm³/mol. The van der Waals surface area contributed by atoms with Gasteiger partial charge < -0.3 is 10.5 Å². The zero-order valence-corrected chi connectivity index (χ0v) is 14.5. The molecular formula is C21H22FNO. The maximum atomic E-state index is 13.8. The van der Waals surface area contributed by atoms with Crippen LogP contribution >= 0.6 is 0 Å². The minimum Gasteiger partial charge on any atom is -0.497 e. The number of benzene rings is 2. The van der Waals surface area contributed by atoms with Crippen LogP contribution in [0.4, 0.5) is 4.39 Å². The molecule has 0 aromatic heterocycles. The third-order valence-electron chi connectivity index (χ3n) is 4.83. The largest absolute Gasteiger partial charge is 0.497 e. The molecule has 3 heteroatoms. The molecule has 2 nitrogen and oxygen atoms in total. The normalized spacial score (nSPS) is 15.5. The number of fused-ring (bicyclic) bond motifs is 3. The average Bonchev–Trinajstić information content (AvgIpc) is 2.79. The van der Waals surface area contributed by atoms with Gasteiger partial charge in [0, 0.05) is 5.41 Å². The molecule has 0 radical (unpaired) electrons. The van der Waals surface area contributed by atoms with Gasteiger partial charge in [-0.15, -0.1) is 0 Å². The summed E-state index contributed by atoms with van der Waals surface area (Å²) < 4.78 is 19.3. The number of halogens is 1. The van der Waals surface area contributed by atoms with Crippen LogP contribution < -0.4 is 10.5 Å². The molecule has 3 rings (SSSR count). The number of hydrogen-bond donors (Lipinski definition) is 1. The summed E-state index contributed by atoms with van der Waals surface area (Å²) in [4.78, 5) is 0. The van der Waals surface area contributed by atoms with Crippen molar-refractivity contribution in [3.05, 3.63) is 71.2 Å². The number of rotatable bonds is 3. The lowest BCUT2D eigenvalue weighted by Crippen LogP contribution is -2.15. The molecule has 1 aliphatic rings. The van der Waals surface area contributed by atoms with Gasteiger partial charge in [0.2, 0.25) is 0 Å². The highest BCUT2D eigenvalue weighted by atomic mass is 19.1. The highest BCUT2D eigenvalue weighted by Gasteiger charge is 2.37. The van der Waals surface area contributed by atoms with Gasteiger partial charge in [-0.1, -0.05) is 26.0 Å². The average molecular weight is 323 g/mol. The van der Waals surface area contributed by atoms with E-state index in [1.165, 1.54) is 12.3 Å². The standard InChI is InChI=1S/C21H22FNO/c1-13(6-5-9-23)17-11-15(24-4)12-19-20(17)16-8-7-14(22)10-18(16)21(19,2)3/h5-12H,23H2,1-4H3/b9-5-,13-6+. The van der Waals surface area contributed by atoms with Gasteiger partial charge >= 0.3 is 0 Å². The molecule has 2 aromatic carbocycles. The van der Waals surface area contributed by atoms with Crippen molar-refractivity contribution < 1.29 is 9.13 Å². The topological polar surface area (TPSA) is 35.2 Å². The third-order valence-corrected chi connectivity index (χ3v) is 4.83. The zero-order valence-electron chi connectivity index (χ0n) is 14.5. The van der Waals surface area contributed by atoms with E-state index in [4.69, 9.17) is 10.5 Å². The van der Waals surface area contributed by atoms with Crippen LogP contribution in [0, 0.1) is 5.82 Å². The van der Waals surface area contributed by atoms with Crippen molar-refractivity contribution in [2.75, 3.05) is 7.11 Å². The minimum atomic E-state index is -0.278. The Morgan fingerprint density at radius 1 is 1.17 bits per heavy atom. The Hall–Kier alpha value is -2.55. The maximum Gasteiger partial charge on any atom is 0.123 e. The van der Waals surface area contributed by atoms with E-state index < -0.39 is 0 Å². The highest BCUT2D eigenvalue weighted by molar-refractivity contribution is 5.91. The number of allylic oxidation sites excluding steroid dienone is 3. The van der Waals surface area contributed by atoms with Gasteiger partial charge in [-0.2, -0.15) is 0 Å². The molecule has 0 fully saturated rings. The van der Waals surface area contributed by atoms with E-state index in [1.54, 1.807) is 13.2 Å². The van der Waals surface area contributed by atoms with E-state index in [1.807, 2.05) is 31.2 Å². The Labute approximate surface area is 142 Å². The minimum absolute atomic E-state index is 0.207. The Morgan fingerprint density at radius 3 is 2.58 bits per heavy atom. The van der Waals surface area contributed by atoms with Gasteiger partial charge in [-0.05, 0) is 76.9 Å². The zero-order chi connectivity index (χ0) is 17.5. The van der Waals surface area contributed by atoms with E-state index in [-0.39, 0.29) is 11.2 Å². The Kier molecular flexibility index (Phi) is 3.96. The molecule has 0 spiro atoms. The van der Waals surface area contributed by atoms with E-state index >= 15 is 0 Å². The molecule has 0 aliphatic heterocycles. The Balaban J connectivity index is 2.36. The van der Waals surface area contributed by atoms with Crippen molar-refractivity contribution in [2.24, 2.45) is 5.73 Å². The summed E-state index contributed by atoms with van der Waals surface area (Å²) >= 11 is 0. The Morgan fingerprint density at radius 2 is 1.92 bits per heavy atom. The second-order valence-electron chi connectivity index (χ2n) is 6.65. The molecule has 1 aliphatic carbocycles. The molecule has 0 amide bonds. The van der Waals surface area contributed by atoms with Crippen molar-refractivity contribution in [2.45, 2.75) is 26.2 Å². The quantitative estimate of drug-likeness (QED) is 0.805. The van der Waals surface area contributed by atoms with Crippen LogP contribution in [0.3, 0.4) is 0 Å². The van der Waals surface area contributed by atoms with Crippen LogP contribution in [-0.4, -0.2) is 7.11 Å². The molecular weight excluding hydrogens is 301 g/mol. The van der Waals surface area contributed by atoms with Crippen molar-refractivity contribution in [3.8, 4) is 16.9 Å². The summed E-state index contributed by atoms with van der Waals surface area (Å²) in [7, 11) is 1.67. The summed E-state index contributed by atoms with van der Waals surface area (Å²) in [5.74, 6) is 0.594. The predicted octanol–water partition coefficient (Wildman–Crippen LogP) is 5.02. The van der Waals surface area contributed by atoms with Gasteiger partial charge in [0.05, 0.1) is 7.11 Å². The third kappa shape index (κ3) is 2.41. The van der Waals surface area contributed by atoms with Gasteiger partial charge in [-0.25, -0.2) is 4.39 Å². The lowest BCUT2D eigenvalue weighted by atomic mass is 9.81. The molecule has 2 aromatic rings. The molecule has 0 saturated carbocycles. The van der Waals surface area contributed by atoms with Gasteiger partial charge in [0.15, 0.2) is 0 Å². The van der Waals surface area contributed by atoms with E-state index in [2.05, 4.69) is 19.9 Å². The van der Waals surface area contributed by atoms with Crippen LogP contribution in [0.5, 0.6) is 5.75 Å². The van der Waals surface area contributed by atoms with Gasteiger partial charge in [0.1, 0.15) is 11.6 Å². The fourth-order valence-corrected chi connectivity index (χ4v) is 3.51. The van der Waals surface area contributed by atoms with E-state index in [0.29, 0.717) is 0 Å². The monoisotopic (exact) mass is 323 g/mol. The fourth-order valence-electron chi connectivity index (χ4n) is 3.51. The summed E-state index contributed by atoms with van der Waals surface area (Å²) in [5, 5.41) is 0. The second kappa shape index (κ2) is 5.82. The lowest BCUT2D eigenvalue weighted by molar-refractivity contribution is 0.413. The smallest absolute Gasteiger partial charge is 0.123 e. The van der Waals surface area contributed by atoms with Crippen LogP contribution in [-0.2, 0) is 5.41 Å². The van der Waals surface area contributed by atoms with E-state index in [9.17, 15) is 4.39 Å². The number of nitrogens with two attached hydrogens (primary N) is 1. The van der Waals surface area contributed by atoms with Crippen molar-refractivity contribution >= 4 is 5.57 Å². The summed E-state index contributed by atoms with van der Waals surface area (Å²) in [6.45, 7) is 6.29. The van der Waals surface area contributed by atoms with Crippen molar-refractivity contribution in [1.82, 2.24) is 0 Å². The number of ether oxygens (including phenoxy) is 1. The molecule has 0 bridgehead atoms. The van der Waals surface area contributed by atoms with Crippen LogP contribution in [0.15, 0.2) is 48.7 Å². The Bertz CT molecular complexity index is 862. The van der Waals surface area contributed by atoms with Crippen molar-refractivity contribution in [1.29, 1.82) is 0 Å². The number of methoxy groups -OCH3 is 1. The van der Waals surface area contributed by atoms with Crippen LogP contribution in [0.25, 0.3) is 16.7 Å². The first-order valence-corrected chi connectivity index (χ1v) is 7.98. The fraction of sp³-hybridized carbons (Fsp3) is 0.238. The lowest BCUT2D eigenvalue weighted by Gasteiger charge is -2.22. The molecule has 0 atom stereocenters. The maximum absolute atomic E-state index is 13.8. The van der Waals surface area contributed by atoms with Crippen LogP contribution in [0.2, 0.25) is 0 Å². The highest BCUT2D eigenvalue weighted by Crippen LogP contribution is 2.52. The molecule has 24 heavy (non-hydrogen) atoms. The second-order valence-corrected chi connectivity index (χ2v) is 6.65. The first-order chi connectivity index (χ1) is 11.4. The van der Waals surface area contributed by atoms with Crippen LogP contribution in [0.1, 0.15) is 37.5 Å². The first kappa shape index (κ1) is 16.3. The number of hydrogen-bond acceptors (Lipinski definition) is 2. The van der Waals surface area contributed by atoms with Gasteiger partial charge in [0.25, 0.3) is 0 Å². The van der Waals surface area contributed by atoms with Gasteiger partial charge in [-0.3, -0.25) is 0 Å². The molecule has 0 unspecified atom stereocenters. The van der Waals surface area contributed by atoms with Crippen molar-refractivity contribution in [3.63, 3.8) is 0 Å². The molecule has 2 N–H and O–H groups in total. The molecule has 0 heterocycles. The first-order valence-electron chi connectivity index (χ1n) is 7.98. The summed E-state index contributed by atoms with van der Waals surface area (Å²) in [5.41, 5.74) is 11.8. The molecule has 0 saturated heterocycles. The summed E-state index contributed by atoms with van der Waals surface area (Å²) in [6, 6.07) is 9.13.